The number of methoxy groups -OCH3 is 2. The van der Waals surface area contributed by atoms with Crippen LogP contribution in [0.25, 0.3) is 0 Å². The Balaban J connectivity index is 1.46. The van der Waals surface area contributed by atoms with Crippen LogP contribution < -0.4 is 14.4 Å². The minimum atomic E-state index is 0.0363. The molecule has 1 aliphatic heterocycles. The van der Waals surface area contributed by atoms with Crippen LogP contribution in [0.4, 0.5) is 0 Å². The van der Waals surface area contributed by atoms with Gasteiger partial charge < -0.3 is 19.3 Å². The summed E-state index contributed by atoms with van der Waals surface area (Å²) in [4.78, 5) is 28.4. The Labute approximate surface area is 184 Å². The maximum atomic E-state index is 12.6. The van der Waals surface area contributed by atoms with Gasteiger partial charge in [0.25, 0.3) is 0 Å². The van der Waals surface area contributed by atoms with Crippen molar-refractivity contribution in [3.05, 3.63) is 58.7 Å². The number of ketones is 1. The van der Waals surface area contributed by atoms with Crippen molar-refractivity contribution in [2.24, 2.45) is 0 Å². The molecule has 3 rings (SSSR count). The molecular weight excluding hydrogens is 392 g/mol. The summed E-state index contributed by atoms with van der Waals surface area (Å²) in [6, 6.07) is 11.7. The lowest BCUT2D eigenvalue weighted by atomic mass is 10.0. The van der Waals surface area contributed by atoms with E-state index in [1.807, 2.05) is 49.1 Å². The number of nitrogens with zero attached hydrogens (tertiary/aromatic N) is 1. The smallest absolute Gasteiger partial charge is 0.223 e. The summed E-state index contributed by atoms with van der Waals surface area (Å²) in [6.45, 7) is 8.14. The Morgan fingerprint density at radius 3 is 2.26 bits per heavy atom. The molecule has 31 heavy (non-hydrogen) atoms. The standard InChI is InChI=1S/C25H32N2O4/c1-18-5-7-21(15-19(18)2)22(28)8-10-25(29)27-13-11-26(12-14-27)17-20-6-9-23(30-3)24(16-20)31-4/h5-7,9,15-16H,8,10-14,17H2,1-4H3/p+1. The van der Waals surface area contributed by atoms with E-state index >= 15 is 0 Å². The van der Waals surface area contributed by atoms with Crippen LogP contribution in [0.5, 0.6) is 11.5 Å². The number of carbonyl (C=O) groups is 2. The third-order valence-electron chi connectivity index (χ3n) is 6.12. The van der Waals surface area contributed by atoms with Gasteiger partial charge in [0.05, 0.1) is 40.4 Å². The summed E-state index contributed by atoms with van der Waals surface area (Å²) in [5.41, 5.74) is 4.15. The number of amides is 1. The highest BCUT2D eigenvalue weighted by Gasteiger charge is 2.24. The summed E-state index contributed by atoms with van der Waals surface area (Å²) in [7, 11) is 3.28. The predicted octanol–water partition coefficient (Wildman–Crippen LogP) is 2.21. The molecule has 6 nitrogen and oxygen atoms in total. The van der Waals surface area contributed by atoms with Gasteiger partial charge in [0, 0.05) is 24.0 Å². The summed E-state index contributed by atoms with van der Waals surface area (Å²) < 4.78 is 10.7. The third-order valence-corrected chi connectivity index (χ3v) is 6.12. The largest absolute Gasteiger partial charge is 0.493 e. The van der Waals surface area contributed by atoms with Crippen LogP contribution in [-0.4, -0.2) is 57.0 Å². The van der Waals surface area contributed by atoms with E-state index in [9.17, 15) is 9.59 Å². The molecule has 1 fully saturated rings. The lowest BCUT2D eigenvalue weighted by molar-refractivity contribution is -0.917. The molecular formula is C25H33N2O4+. The molecule has 0 atom stereocenters. The highest BCUT2D eigenvalue weighted by molar-refractivity contribution is 5.98. The van der Waals surface area contributed by atoms with E-state index < -0.39 is 0 Å². The summed E-state index contributed by atoms with van der Waals surface area (Å²) in [5, 5.41) is 0. The molecule has 2 aromatic rings. The Bertz CT molecular complexity index is 933. The Morgan fingerprint density at radius 1 is 0.903 bits per heavy atom. The van der Waals surface area contributed by atoms with Crippen molar-refractivity contribution in [2.75, 3.05) is 40.4 Å². The molecule has 0 aromatic heterocycles. The molecule has 1 aliphatic rings. The van der Waals surface area contributed by atoms with Gasteiger partial charge in [-0.25, -0.2) is 0 Å². The number of carbonyl (C=O) groups excluding carboxylic acids is 2. The number of hydrogen-bond acceptors (Lipinski definition) is 4. The maximum absolute atomic E-state index is 12.6. The summed E-state index contributed by atoms with van der Waals surface area (Å²) >= 11 is 0. The van der Waals surface area contributed by atoms with Crippen molar-refractivity contribution in [1.29, 1.82) is 0 Å². The van der Waals surface area contributed by atoms with Crippen molar-refractivity contribution < 1.29 is 24.0 Å². The Hall–Kier alpha value is -2.86. The monoisotopic (exact) mass is 425 g/mol. The van der Waals surface area contributed by atoms with Gasteiger partial charge >= 0.3 is 0 Å². The van der Waals surface area contributed by atoms with E-state index in [2.05, 4.69) is 6.07 Å². The van der Waals surface area contributed by atoms with Gasteiger partial charge in [0.2, 0.25) is 5.91 Å². The molecule has 0 aliphatic carbocycles. The zero-order valence-electron chi connectivity index (χ0n) is 19.0. The van der Waals surface area contributed by atoms with E-state index in [1.54, 1.807) is 14.2 Å². The second-order valence-corrected chi connectivity index (χ2v) is 8.22. The first-order chi connectivity index (χ1) is 14.9. The number of aryl methyl sites for hydroxylation is 2. The fourth-order valence-corrected chi connectivity index (χ4v) is 3.97. The normalized spacial score (nSPS) is 14.4. The molecule has 166 valence electrons. The number of rotatable bonds is 8. The first-order valence-electron chi connectivity index (χ1n) is 10.8. The molecule has 0 radical (unpaired) electrons. The molecule has 2 aromatic carbocycles. The number of ether oxygens (including phenoxy) is 2. The molecule has 6 heteroatoms. The quantitative estimate of drug-likeness (QED) is 0.659. The van der Waals surface area contributed by atoms with Gasteiger partial charge in [-0.2, -0.15) is 0 Å². The number of piperazine rings is 1. The van der Waals surface area contributed by atoms with E-state index in [-0.39, 0.29) is 24.5 Å². The molecule has 0 unspecified atom stereocenters. The van der Waals surface area contributed by atoms with Crippen molar-refractivity contribution in [1.82, 2.24) is 4.90 Å². The molecule has 1 heterocycles. The Morgan fingerprint density at radius 2 is 1.61 bits per heavy atom. The molecule has 0 spiro atoms. The van der Waals surface area contributed by atoms with Gasteiger partial charge in [-0.3, -0.25) is 9.59 Å². The molecule has 0 bridgehead atoms. The van der Waals surface area contributed by atoms with Crippen LogP contribution in [0.15, 0.2) is 36.4 Å². The second-order valence-electron chi connectivity index (χ2n) is 8.22. The van der Waals surface area contributed by atoms with Crippen LogP contribution in [0.3, 0.4) is 0 Å². The fraction of sp³-hybridized carbons (Fsp3) is 0.440. The van der Waals surface area contributed by atoms with Crippen molar-refractivity contribution in [3.8, 4) is 11.5 Å². The lowest BCUT2D eigenvalue weighted by Gasteiger charge is -2.32. The number of benzene rings is 2. The number of hydrogen-bond donors (Lipinski definition) is 1. The maximum Gasteiger partial charge on any atom is 0.223 e. The predicted molar refractivity (Wildman–Crippen MR) is 120 cm³/mol. The van der Waals surface area contributed by atoms with Gasteiger partial charge in [0.15, 0.2) is 17.3 Å². The molecule has 0 saturated carbocycles. The third kappa shape index (κ3) is 5.85. The van der Waals surface area contributed by atoms with Gasteiger partial charge in [-0.1, -0.05) is 12.1 Å². The average molecular weight is 426 g/mol. The minimum Gasteiger partial charge on any atom is -0.493 e. The highest BCUT2D eigenvalue weighted by Crippen LogP contribution is 2.27. The van der Waals surface area contributed by atoms with Crippen molar-refractivity contribution >= 4 is 11.7 Å². The van der Waals surface area contributed by atoms with Gasteiger partial charge in [-0.15, -0.1) is 0 Å². The molecule has 1 amide bonds. The molecule has 1 N–H and O–H groups in total. The van der Waals surface area contributed by atoms with E-state index in [0.717, 1.165) is 49.8 Å². The van der Waals surface area contributed by atoms with Crippen LogP contribution in [0, 0.1) is 13.8 Å². The first kappa shape index (κ1) is 22.8. The van der Waals surface area contributed by atoms with E-state index in [1.165, 1.54) is 16.0 Å². The minimum absolute atomic E-state index is 0.0363. The SMILES string of the molecule is COc1ccc(C[NH+]2CCN(C(=O)CCC(=O)c3ccc(C)c(C)c3)CC2)cc1OC. The van der Waals surface area contributed by atoms with Crippen LogP contribution >= 0.6 is 0 Å². The lowest BCUT2D eigenvalue weighted by Crippen LogP contribution is -3.13. The van der Waals surface area contributed by atoms with Crippen LogP contribution in [0.2, 0.25) is 0 Å². The first-order valence-corrected chi connectivity index (χ1v) is 10.8. The van der Waals surface area contributed by atoms with Crippen LogP contribution in [-0.2, 0) is 11.3 Å². The van der Waals surface area contributed by atoms with Crippen molar-refractivity contribution in [3.63, 3.8) is 0 Å². The zero-order chi connectivity index (χ0) is 22.4. The Kier molecular flexibility index (Phi) is 7.69. The summed E-state index contributed by atoms with van der Waals surface area (Å²) in [6.07, 6.45) is 0.539. The topological polar surface area (TPSA) is 60.3 Å². The number of quaternary nitrogens is 1. The van der Waals surface area contributed by atoms with Crippen LogP contribution in [0.1, 0.15) is 39.9 Å². The van der Waals surface area contributed by atoms with Crippen molar-refractivity contribution in [2.45, 2.75) is 33.2 Å². The zero-order valence-corrected chi connectivity index (χ0v) is 19.0. The van der Waals surface area contributed by atoms with E-state index in [4.69, 9.17) is 9.47 Å². The molecule has 1 saturated heterocycles. The number of nitrogens with one attached hydrogen (secondary N) is 1. The highest BCUT2D eigenvalue weighted by atomic mass is 16.5. The summed E-state index contributed by atoms with van der Waals surface area (Å²) in [5.74, 6) is 1.57. The van der Waals surface area contributed by atoms with E-state index in [0.29, 0.717) is 5.56 Å². The number of Topliss-reactive ketones (excluding diaryl/α,β-unsaturated/α-hetero) is 1. The van der Waals surface area contributed by atoms with Gasteiger partial charge in [0.1, 0.15) is 6.54 Å². The average Bonchev–Trinajstić information content (AvgIpc) is 2.79. The second kappa shape index (κ2) is 10.4. The van der Waals surface area contributed by atoms with Gasteiger partial charge in [-0.05, 0) is 49.2 Å². The fourth-order valence-electron chi connectivity index (χ4n) is 3.97.